The summed E-state index contributed by atoms with van der Waals surface area (Å²) in [6.45, 7) is 14.7. The van der Waals surface area contributed by atoms with Gasteiger partial charge in [0.25, 0.3) is 0 Å². The van der Waals surface area contributed by atoms with Gasteiger partial charge in [-0.1, -0.05) is 64.1 Å². The van der Waals surface area contributed by atoms with E-state index in [4.69, 9.17) is 4.74 Å². The maximum Gasteiger partial charge on any atom is 0.322 e. The fourth-order valence-corrected chi connectivity index (χ4v) is 3.92. The molecule has 0 atom stereocenters. The van der Waals surface area contributed by atoms with Crippen LogP contribution in [-0.4, -0.2) is 55.2 Å². The van der Waals surface area contributed by atoms with Crippen LogP contribution in [0.15, 0.2) is 48.5 Å². The third-order valence-electron chi connectivity index (χ3n) is 6.10. The van der Waals surface area contributed by atoms with Crippen LogP contribution in [0.4, 0.5) is 10.5 Å². The molecule has 5 heteroatoms. The first-order valence-electron chi connectivity index (χ1n) is 11.9. The van der Waals surface area contributed by atoms with E-state index in [-0.39, 0.29) is 11.4 Å². The average Bonchev–Trinajstić information content (AvgIpc) is 2.79. The van der Waals surface area contributed by atoms with Crippen LogP contribution >= 0.6 is 0 Å². The largest absolute Gasteiger partial charge is 0.379 e. The summed E-state index contributed by atoms with van der Waals surface area (Å²) in [4.78, 5) is 17.5. The maximum absolute atomic E-state index is 13.2. The Balaban J connectivity index is 1.65. The van der Waals surface area contributed by atoms with Crippen molar-refractivity contribution >= 4 is 11.7 Å². The number of amides is 2. The molecule has 1 heterocycles. The van der Waals surface area contributed by atoms with Gasteiger partial charge >= 0.3 is 6.03 Å². The number of nitrogens with zero attached hydrogens (tertiary/aromatic N) is 2. The van der Waals surface area contributed by atoms with Crippen LogP contribution in [0.2, 0.25) is 0 Å². The van der Waals surface area contributed by atoms with Gasteiger partial charge in [-0.15, -0.1) is 0 Å². The Morgan fingerprint density at radius 2 is 1.62 bits per heavy atom. The molecule has 1 N–H and O–H groups in total. The van der Waals surface area contributed by atoms with Gasteiger partial charge in [-0.05, 0) is 47.1 Å². The molecular formula is C27H39N3O2. The molecular weight excluding hydrogens is 398 g/mol. The number of nitrogens with one attached hydrogen (secondary N) is 1. The van der Waals surface area contributed by atoms with Crippen molar-refractivity contribution < 1.29 is 9.53 Å². The molecule has 0 saturated carbocycles. The Bertz CT molecular complexity index is 835. The summed E-state index contributed by atoms with van der Waals surface area (Å²) in [7, 11) is 0. The molecule has 2 amide bonds. The Labute approximate surface area is 193 Å². The highest BCUT2D eigenvalue weighted by Gasteiger charge is 2.17. The van der Waals surface area contributed by atoms with Crippen molar-refractivity contribution in [2.45, 2.75) is 52.5 Å². The predicted molar refractivity (Wildman–Crippen MR) is 132 cm³/mol. The van der Waals surface area contributed by atoms with E-state index in [2.05, 4.69) is 74.3 Å². The number of anilines is 1. The number of ether oxygens (including phenoxy) is 1. The number of carbonyl (C=O) groups is 1. The normalized spacial score (nSPS) is 14.9. The minimum absolute atomic E-state index is 0.0453. The van der Waals surface area contributed by atoms with Crippen molar-refractivity contribution in [3.63, 3.8) is 0 Å². The van der Waals surface area contributed by atoms with Crippen molar-refractivity contribution in [1.82, 2.24) is 9.80 Å². The van der Waals surface area contributed by atoms with E-state index in [0.29, 0.717) is 6.54 Å². The molecule has 1 aliphatic rings. The SMILES string of the molecule is CCc1ccc(NC(=O)N(CCCN2CCOCC2)Cc2ccc(C(C)(C)C)cc2)cc1. The van der Waals surface area contributed by atoms with E-state index in [1.807, 2.05) is 17.0 Å². The summed E-state index contributed by atoms with van der Waals surface area (Å²) in [6.07, 6.45) is 1.94. The van der Waals surface area contributed by atoms with Crippen LogP contribution < -0.4 is 5.32 Å². The lowest BCUT2D eigenvalue weighted by molar-refractivity contribution is 0.0365. The van der Waals surface area contributed by atoms with Gasteiger partial charge < -0.3 is 15.0 Å². The van der Waals surface area contributed by atoms with E-state index >= 15 is 0 Å². The lowest BCUT2D eigenvalue weighted by Crippen LogP contribution is -2.40. The van der Waals surface area contributed by atoms with E-state index in [0.717, 1.165) is 63.5 Å². The number of aryl methyl sites for hydroxylation is 1. The summed E-state index contributed by atoms with van der Waals surface area (Å²) in [5.74, 6) is 0. The van der Waals surface area contributed by atoms with E-state index in [1.165, 1.54) is 11.1 Å². The maximum atomic E-state index is 13.2. The zero-order valence-corrected chi connectivity index (χ0v) is 20.2. The molecule has 1 saturated heterocycles. The highest BCUT2D eigenvalue weighted by molar-refractivity contribution is 5.89. The third kappa shape index (κ3) is 7.35. The molecule has 2 aromatic rings. The molecule has 0 aliphatic carbocycles. The van der Waals surface area contributed by atoms with Gasteiger partial charge in [0.1, 0.15) is 0 Å². The number of urea groups is 1. The first kappa shape index (κ1) is 24.3. The highest BCUT2D eigenvalue weighted by Crippen LogP contribution is 2.23. The molecule has 1 aliphatic heterocycles. The van der Waals surface area contributed by atoms with Crippen LogP contribution in [0.5, 0.6) is 0 Å². The summed E-state index contributed by atoms with van der Waals surface area (Å²) in [6, 6.07) is 16.7. The van der Waals surface area contributed by atoms with Crippen molar-refractivity contribution in [3.05, 3.63) is 65.2 Å². The smallest absolute Gasteiger partial charge is 0.322 e. The molecule has 2 aromatic carbocycles. The van der Waals surface area contributed by atoms with Crippen LogP contribution in [0, 0.1) is 0 Å². The van der Waals surface area contributed by atoms with Gasteiger partial charge in [0.05, 0.1) is 13.2 Å². The molecule has 32 heavy (non-hydrogen) atoms. The fourth-order valence-electron chi connectivity index (χ4n) is 3.92. The molecule has 1 fully saturated rings. The topological polar surface area (TPSA) is 44.8 Å². The second kappa shape index (κ2) is 11.5. The number of carbonyl (C=O) groups excluding carboxylic acids is 1. The Morgan fingerprint density at radius 3 is 2.22 bits per heavy atom. The van der Waals surface area contributed by atoms with E-state index in [1.54, 1.807) is 0 Å². The fraction of sp³-hybridized carbons (Fsp3) is 0.519. The van der Waals surface area contributed by atoms with Gasteiger partial charge in [-0.3, -0.25) is 4.90 Å². The molecule has 0 aromatic heterocycles. The van der Waals surface area contributed by atoms with Crippen molar-refractivity contribution in [3.8, 4) is 0 Å². The Kier molecular flexibility index (Phi) is 8.71. The monoisotopic (exact) mass is 437 g/mol. The number of rotatable bonds is 8. The van der Waals surface area contributed by atoms with Crippen molar-refractivity contribution in [2.75, 3.05) is 44.7 Å². The molecule has 0 bridgehead atoms. The number of morpholine rings is 1. The highest BCUT2D eigenvalue weighted by atomic mass is 16.5. The summed E-state index contributed by atoms with van der Waals surface area (Å²) in [5, 5.41) is 3.09. The zero-order chi connectivity index (χ0) is 23.0. The molecule has 174 valence electrons. The number of benzene rings is 2. The summed E-state index contributed by atoms with van der Waals surface area (Å²) < 4.78 is 5.44. The minimum atomic E-state index is -0.0453. The molecule has 0 spiro atoms. The zero-order valence-electron chi connectivity index (χ0n) is 20.2. The lowest BCUT2D eigenvalue weighted by atomic mass is 9.87. The Hall–Kier alpha value is -2.37. The van der Waals surface area contributed by atoms with Gasteiger partial charge in [-0.25, -0.2) is 4.79 Å². The minimum Gasteiger partial charge on any atom is -0.379 e. The second-order valence-corrected chi connectivity index (χ2v) is 9.66. The van der Waals surface area contributed by atoms with Gasteiger partial charge in [0.2, 0.25) is 0 Å². The molecule has 3 rings (SSSR count). The second-order valence-electron chi connectivity index (χ2n) is 9.66. The van der Waals surface area contributed by atoms with Gasteiger partial charge in [-0.2, -0.15) is 0 Å². The van der Waals surface area contributed by atoms with Crippen molar-refractivity contribution in [1.29, 1.82) is 0 Å². The van der Waals surface area contributed by atoms with E-state index in [9.17, 15) is 4.79 Å². The Morgan fingerprint density at radius 1 is 1.00 bits per heavy atom. The number of hydrogen-bond donors (Lipinski definition) is 1. The molecule has 0 radical (unpaired) electrons. The van der Waals surface area contributed by atoms with E-state index < -0.39 is 0 Å². The van der Waals surface area contributed by atoms with Crippen LogP contribution in [0.25, 0.3) is 0 Å². The first-order chi connectivity index (χ1) is 15.3. The van der Waals surface area contributed by atoms with Crippen LogP contribution in [0.1, 0.15) is 50.8 Å². The standard InChI is InChI=1S/C27H39N3O2/c1-5-22-9-13-25(14-10-22)28-26(31)30(16-6-15-29-17-19-32-20-18-29)21-23-7-11-24(12-8-23)27(2,3)4/h7-14H,5-6,15-21H2,1-4H3,(H,28,31). The third-order valence-corrected chi connectivity index (χ3v) is 6.10. The lowest BCUT2D eigenvalue weighted by Gasteiger charge is -2.28. The number of hydrogen-bond acceptors (Lipinski definition) is 3. The first-order valence-corrected chi connectivity index (χ1v) is 11.9. The summed E-state index contributed by atoms with van der Waals surface area (Å²) >= 11 is 0. The molecule has 5 nitrogen and oxygen atoms in total. The van der Waals surface area contributed by atoms with Crippen LogP contribution in [-0.2, 0) is 23.1 Å². The van der Waals surface area contributed by atoms with Gasteiger partial charge in [0.15, 0.2) is 0 Å². The predicted octanol–water partition coefficient (Wildman–Crippen LogP) is 5.30. The quantitative estimate of drug-likeness (QED) is 0.609. The van der Waals surface area contributed by atoms with Crippen molar-refractivity contribution in [2.24, 2.45) is 0 Å². The van der Waals surface area contributed by atoms with Crippen LogP contribution in [0.3, 0.4) is 0 Å². The molecule has 0 unspecified atom stereocenters. The summed E-state index contributed by atoms with van der Waals surface area (Å²) in [5.41, 5.74) is 4.69. The average molecular weight is 438 g/mol. The van der Waals surface area contributed by atoms with Gasteiger partial charge in [0, 0.05) is 38.4 Å².